The average molecular weight is 252 g/mol. The lowest BCUT2D eigenvalue weighted by Crippen LogP contribution is -2.27. The molecule has 2 unspecified atom stereocenters. The topological polar surface area (TPSA) is 12.5 Å². The number of halogens is 1. The summed E-state index contributed by atoms with van der Waals surface area (Å²) in [5, 5.41) is 0. The van der Waals surface area contributed by atoms with Crippen molar-refractivity contribution >= 4 is 11.6 Å². The number of hydrogen-bond donors (Lipinski definition) is 0. The number of para-hydroxylation sites is 1. The number of ether oxygens (including phenoxy) is 1. The summed E-state index contributed by atoms with van der Waals surface area (Å²) < 4.78 is 5.72. The van der Waals surface area contributed by atoms with Crippen LogP contribution in [0.2, 0.25) is 0 Å². The fourth-order valence-electron chi connectivity index (χ4n) is 2.90. The van der Waals surface area contributed by atoms with Crippen LogP contribution in [0.1, 0.15) is 17.9 Å². The Labute approximate surface area is 108 Å². The molecule has 0 radical (unpaired) electrons. The van der Waals surface area contributed by atoms with Crippen LogP contribution < -0.4 is 4.74 Å². The van der Waals surface area contributed by atoms with Crippen LogP contribution in [-0.4, -0.2) is 37.0 Å². The average Bonchev–Trinajstić information content (AvgIpc) is 2.97. The smallest absolute Gasteiger partial charge is 0.122 e. The molecule has 17 heavy (non-hydrogen) atoms. The van der Waals surface area contributed by atoms with Gasteiger partial charge >= 0.3 is 0 Å². The van der Waals surface area contributed by atoms with E-state index in [1.54, 1.807) is 0 Å². The molecular weight excluding hydrogens is 234 g/mol. The highest BCUT2D eigenvalue weighted by atomic mass is 35.5. The summed E-state index contributed by atoms with van der Waals surface area (Å²) in [5.41, 5.74) is 1.38. The third kappa shape index (κ3) is 2.29. The van der Waals surface area contributed by atoms with E-state index in [1.807, 2.05) is 6.07 Å². The number of likely N-dealkylation sites (tertiary alicyclic amines) is 1. The maximum absolute atomic E-state index is 5.92. The second kappa shape index (κ2) is 4.87. The first kappa shape index (κ1) is 11.4. The van der Waals surface area contributed by atoms with Gasteiger partial charge in [0.15, 0.2) is 0 Å². The quantitative estimate of drug-likeness (QED) is 0.766. The lowest BCUT2D eigenvalue weighted by Gasteiger charge is -2.19. The van der Waals surface area contributed by atoms with E-state index in [1.165, 1.54) is 18.5 Å². The van der Waals surface area contributed by atoms with Crippen molar-refractivity contribution in [1.82, 2.24) is 4.90 Å². The highest BCUT2D eigenvalue weighted by Gasteiger charge is 2.29. The lowest BCUT2D eigenvalue weighted by atomic mass is 10.0. The second-order valence-corrected chi connectivity index (χ2v) is 5.42. The zero-order chi connectivity index (χ0) is 11.7. The van der Waals surface area contributed by atoms with Crippen molar-refractivity contribution in [2.45, 2.75) is 12.3 Å². The van der Waals surface area contributed by atoms with Gasteiger partial charge in [0, 0.05) is 30.5 Å². The Balaban J connectivity index is 1.64. The Hall–Kier alpha value is -0.730. The maximum Gasteiger partial charge on any atom is 0.122 e. The molecular formula is C14H18ClNO. The van der Waals surface area contributed by atoms with Gasteiger partial charge in [-0.25, -0.2) is 0 Å². The third-order valence-corrected chi connectivity index (χ3v) is 4.30. The molecule has 3 heteroatoms. The zero-order valence-corrected chi connectivity index (χ0v) is 10.7. The van der Waals surface area contributed by atoms with Crippen LogP contribution in [0.3, 0.4) is 0 Å². The van der Waals surface area contributed by atoms with Crippen molar-refractivity contribution in [2.24, 2.45) is 5.92 Å². The predicted molar refractivity (Wildman–Crippen MR) is 69.9 cm³/mol. The molecule has 0 bridgehead atoms. The molecule has 1 fully saturated rings. The van der Waals surface area contributed by atoms with Gasteiger partial charge in [0.25, 0.3) is 0 Å². The highest BCUT2D eigenvalue weighted by Crippen LogP contribution is 2.34. The minimum atomic E-state index is 0.542. The van der Waals surface area contributed by atoms with Crippen LogP contribution in [0, 0.1) is 5.92 Å². The van der Waals surface area contributed by atoms with Crippen LogP contribution in [0.5, 0.6) is 5.75 Å². The molecule has 1 aromatic rings. The van der Waals surface area contributed by atoms with Gasteiger partial charge in [-0.2, -0.15) is 0 Å². The summed E-state index contributed by atoms with van der Waals surface area (Å²) >= 11 is 5.92. The van der Waals surface area contributed by atoms with E-state index in [2.05, 4.69) is 23.1 Å². The predicted octanol–water partition coefficient (Wildman–Crippen LogP) is 2.72. The Morgan fingerprint density at radius 1 is 1.35 bits per heavy atom. The number of fused-ring (bicyclic) bond motifs is 1. The standard InChI is InChI=1S/C14H18ClNO/c15-7-11-5-6-16(8-11)9-12-10-17-14-4-2-1-3-13(12)14/h1-4,11-12H,5-10H2. The van der Waals surface area contributed by atoms with Crippen molar-refractivity contribution in [3.8, 4) is 5.75 Å². The van der Waals surface area contributed by atoms with E-state index >= 15 is 0 Å². The number of hydrogen-bond acceptors (Lipinski definition) is 2. The largest absolute Gasteiger partial charge is 0.493 e. The number of rotatable bonds is 3. The Bertz CT molecular complexity index is 396. The molecule has 3 rings (SSSR count). The van der Waals surface area contributed by atoms with Gasteiger partial charge in [0.1, 0.15) is 5.75 Å². The van der Waals surface area contributed by atoms with Gasteiger partial charge in [0.05, 0.1) is 6.61 Å². The fourth-order valence-corrected chi connectivity index (χ4v) is 3.15. The molecule has 2 aliphatic rings. The molecule has 0 aliphatic carbocycles. The first-order chi connectivity index (χ1) is 8.36. The van der Waals surface area contributed by atoms with Crippen LogP contribution in [-0.2, 0) is 0 Å². The molecule has 0 N–H and O–H groups in total. The summed E-state index contributed by atoms with van der Waals surface area (Å²) in [7, 11) is 0. The van der Waals surface area contributed by atoms with Crippen molar-refractivity contribution < 1.29 is 4.74 Å². The highest BCUT2D eigenvalue weighted by molar-refractivity contribution is 6.18. The van der Waals surface area contributed by atoms with Crippen LogP contribution in [0.4, 0.5) is 0 Å². The number of alkyl halides is 1. The number of benzene rings is 1. The van der Waals surface area contributed by atoms with E-state index < -0.39 is 0 Å². The molecule has 0 aromatic heterocycles. The second-order valence-electron chi connectivity index (χ2n) is 5.11. The minimum Gasteiger partial charge on any atom is -0.493 e. The molecule has 1 aromatic carbocycles. The lowest BCUT2D eigenvalue weighted by molar-refractivity contribution is 0.263. The van der Waals surface area contributed by atoms with E-state index in [9.17, 15) is 0 Å². The van der Waals surface area contributed by atoms with Crippen molar-refractivity contribution in [1.29, 1.82) is 0 Å². The van der Waals surface area contributed by atoms with E-state index in [0.29, 0.717) is 11.8 Å². The van der Waals surface area contributed by atoms with Crippen LogP contribution in [0.25, 0.3) is 0 Å². The molecule has 1 saturated heterocycles. The summed E-state index contributed by atoms with van der Waals surface area (Å²) in [6.45, 7) is 4.30. The van der Waals surface area contributed by atoms with E-state index in [-0.39, 0.29) is 0 Å². The van der Waals surface area contributed by atoms with Crippen molar-refractivity contribution in [3.05, 3.63) is 29.8 Å². The van der Waals surface area contributed by atoms with Gasteiger partial charge in [0.2, 0.25) is 0 Å². The molecule has 0 saturated carbocycles. The summed E-state index contributed by atoms with van der Waals surface area (Å²) in [6.07, 6.45) is 1.25. The first-order valence-electron chi connectivity index (χ1n) is 6.37. The third-order valence-electron chi connectivity index (χ3n) is 3.87. The first-order valence-corrected chi connectivity index (χ1v) is 6.90. The Morgan fingerprint density at radius 3 is 3.06 bits per heavy atom. The SMILES string of the molecule is ClCC1CCN(CC2COc3ccccc32)C1. The van der Waals surface area contributed by atoms with E-state index in [4.69, 9.17) is 16.3 Å². The monoisotopic (exact) mass is 251 g/mol. The van der Waals surface area contributed by atoms with Crippen LogP contribution in [0.15, 0.2) is 24.3 Å². The maximum atomic E-state index is 5.92. The Kier molecular flexibility index (Phi) is 3.26. The normalized spacial score (nSPS) is 28.1. The van der Waals surface area contributed by atoms with Gasteiger partial charge in [-0.05, 0) is 24.9 Å². The molecule has 0 amide bonds. The molecule has 0 spiro atoms. The van der Waals surface area contributed by atoms with Crippen molar-refractivity contribution in [2.75, 3.05) is 32.1 Å². The minimum absolute atomic E-state index is 0.542. The molecule has 2 atom stereocenters. The van der Waals surface area contributed by atoms with Gasteiger partial charge in [-0.1, -0.05) is 18.2 Å². The zero-order valence-electron chi connectivity index (χ0n) is 9.94. The molecule has 2 aliphatic heterocycles. The van der Waals surface area contributed by atoms with Crippen molar-refractivity contribution in [3.63, 3.8) is 0 Å². The molecule has 2 nitrogen and oxygen atoms in total. The summed E-state index contributed by atoms with van der Waals surface area (Å²) in [5.74, 6) is 3.11. The summed E-state index contributed by atoms with van der Waals surface area (Å²) in [6, 6.07) is 8.41. The summed E-state index contributed by atoms with van der Waals surface area (Å²) in [4.78, 5) is 2.53. The van der Waals surface area contributed by atoms with E-state index in [0.717, 1.165) is 31.3 Å². The van der Waals surface area contributed by atoms with Gasteiger partial charge < -0.3 is 9.64 Å². The fraction of sp³-hybridized carbons (Fsp3) is 0.571. The number of nitrogens with zero attached hydrogens (tertiary/aromatic N) is 1. The molecule has 92 valence electrons. The van der Waals surface area contributed by atoms with Gasteiger partial charge in [-0.3, -0.25) is 0 Å². The molecule has 2 heterocycles. The van der Waals surface area contributed by atoms with Gasteiger partial charge in [-0.15, -0.1) is 11.6 Å². The Morgan fingerprint density at radius 2 is 2.24 bits per heavy atom. The van der Waals surface area contributed by atoms with Crippen LogP contribution >= 0.6 is 11.6 Å².